The van der Waals surface area contributed by atoms with Gasteiger partial charge in [-0.05, 0) is 39.5 Å². The molecule has 0 saturated carbocycles. The quantitative estimate of drug-likeness (QED) is 0.897. The molecule has 1 aliphatic heterocycles. The zero-order valence-corrected chi connectivity index (χ0v) is 12.0. The highest BCUT2D eigenvalue weighted by Crippen LogP contribution is 2.21. The molecule has 1 fully saturated rings. The monoisotopic (exact) mass is 265 g/mol. The van der Waals surface area contributed by atoms with Crippen LogP contribution in [0.2, 0.25) is 0 Å². The summed E-state index contributed by atoms with van der Waals surface area (Å²) in [5, 5.41) is 3.89. The van der Waals surface area contributed by atoms with E-state index in [9.17, 15) is 4.79 Å². The Kier molecular flexibility index (Phi) is 4.24. The lowest BCUT2D eigenvalue weighted by Gasteiger charge is -2.34. The average molecular weight is 265 g/mol. The lowest BCUT2D eigenvalue weighted by molar-refractivity contribution is -0.132. The Balaban J connectivity index is 2.00. The summed E-state index contributed by atoms with van der Waals surface area (Å²) in [5.74, 6) is 1.31. The number of piperidine rings is 1. The molecule has 0 bridgehead atoms. The van der Waals surface area contributed by atoms with E-state index in [1.165, 1.54) is 0 Å². The van der Waals surface area contributed by atoms with Gasteiger partial charge in [0.2, 0.25) is 5.91 Å². The van der Waals surface area contributed by atoms with E-state index in [2.05, 4.69) is 5.16 Å². The van der Waals surface area contributed by atoms with Gasteiger partial charge in [0.05, 0.1) is 12.1 Å². The van der Waals surface area contributed by atoms with Gasteiger partial charge < -0.3 is 15.2 Å². The number of carbonyl (C=O) groups excluding carboxylic acids is 1. The lowest BCUT2D eigenvalue weighted by atomic mass is 9.92. The molecule has 19 heavy (non-hydrogen) atoms. The highest BCUT2D eigenvalue weighted by atomic mass is 16.5. The van der Waals surface area contributed by atoms with Gasteiger partial charge in [0.15, 0.2) is 0 Å². The molecule has 1 saturated heterocycles. The summed E-state index contributed by atoms with van der Waals surface area (Å²) in [4.78, 5) is 14.3. The van der Waals surface area contributed by atoms with Gasteiger partial charge >= 0.3 is 0 Å². The van der Waals surface area contributed by atoms with Gasteiger partial charge in [-0.3, -0.25) is 4.79 Å². The fourth-order valence-corrected chi connectivity index (χ4v) is 2.68. The molecule has 2 atom stereocenters. The third-order valence-corrected chi connectivity index (χ3v) is 4.06. The van der Waals surface area contributed by atoms with E-state index < -0.39 is 0 Å². The van der Waals surface area contributed by atoms with Crippen molar-refractivity contribution in [3.8, 4) is 0 Å². The molecule has 0 spiro atoms. The highest BCUT2D eigenvalue weighted by Gasteiger charge is 2.26. The summed E-state index contributed by atoms with van der Waals surface area (Å²) < 4.78 is 5.10. The summed E-state index contributed by atoms with van der Waals surface area (Å²) >= 11 is 0. The van der Waals surface area contributed by atoms with Gasteiger partial charge in [0.1, 0.15) is 5.76 Å². The summed E-state index contributed by atoms with van der Waals surface area (Å²) in [6, 6.07) is 0.148. The van der Waals surface area contributed by atoms with Gasteiger partial charge in [-0.15, -0.1) is 0 Å². The Labute approximate surface area is 114 Å². The van der Waals surface area contributed by atoms with E-state index in [0.29, 0.717) is 12.3 Å². The largest absolute Gasteiger partial charge is 0.361 e. The van der Waals surface area contributed by atoms with Gasteiger partial charge in [-0.2, -0.15) is 0 Å². The lowest BCUT2D eigenvalue weighted by Crippen LogP contribution is -2.45. The van der Waals surface area contributed by atoms with Crippen LogP contribution in [-0.2, 0) is 11.2 Å². The molecule has 2 N–H and O–H groups in total. The number of amides is 1. The maximum absolute atomic E-state index is 12.4. The van der Waals surface area contributed by atoms with E-state index >= 15 is 0 Å². The number of nitrogens with zero attached hydrogens (tertiary/aromatic N) is 2. The van der Waals surface area contributed by atoms with Crippen molar-refractivity contribution in [2.45, 2.75) is 46.1 Å². The van der Waals surface area contributed by atoms with Crippen molar-refractivity contribution in [2.75, 3.05) is 13.1 Å². The number of hydrogen-bond acceptors (Lipinski definition) is 4. The summed E-state index contributed by atoms with van der Waals surface area (Å²) in [6.45, 7) is 7.36. The van der Waals surface area contributed by atoms with Gasteiger partial charge in [-0.25, -0.2) is 0 Å². The Morgan fingerprint density at radius 1 is 1.58 bits per heavy atom. The minimum Gasteiger partial charge on any atom is -0.361 e. The van der Waals surface area contributed by atoms with Gasteiger partial charge in [0, 0.05) is 24.7 Å². The first-order chi connectivity index (χ1) is 8.99. The number of likely N-dealkylation sites (tertiary alicyclic amines) is 1. The topological polar surface area (TPSA) is 72.4 Å². The second-order valence-corrected chi connectivity index (χ2v) is 5.58. The van der Waals surface area contributed by atoms with Crippen LogP contribution in [0.25, 0.3) is 0 Å². The molecule has 0 unspecified atom stereocenters. The molecule has 2 heterocycles. The maximum atomic E-state index is 12.4. The molecule has 0 radical (unpaired) electrons. The number of nitrogens with two attached hydrogens (primary N) is 1. The molecule has 5 nitrogen and oxygen atoms in total. The molecule has 1 amide bonds. The maximum Gasteiger partial charge on any atom is 0.227 e. The van der Waals surface area contributed by atoms with Crippen LogP contribution in [0, 0.1) is 19.8 Å². The third-order valence-electron chi connectivity index (χ3n) is 4.06. The predicted molar refractivity (Wildman–Crippen MR) is 72.6 cm³/mol. The first kappa shape index (κ1) is 14.1. The Bertz CT molecular complexity index is 434. The summed E-state index contributed by atoms with van der Waals surface area (Å²) in [6.07, 6.45) is 2.54. The molecule has 106 valence electrons. The first-order valence-corrected chi connectivity index (χ1v) is 6.94. The van der Waals surface area contributed by atoms with Crippen LogP contribution < -0.4 is 5.73 Å². The fraction of sp³-hybridized carbons (Fsp3) is 0.714. The minimum absolute atomic E-state index is 0.148. The van der Waals surface area contributed by atoms with Crippen LogP contribution in [0.4, 0.5) is 0 Å². The summed E-state index contributed by atoms with van der Waals surface area (Å²) in [5.41, 5.74) is 7.69. The van der Waals surface area contributed by atoms with Crippen LogP contribution in [0.15, 0.2) is 4.52 Å². The second kappa shape index (κ2) is 5.74. The van der Waals surface area contributed by atoms with Crippen LogP contribution in [-0.4, -0.2) is 35.1 Å². The molecular weight excluding hydrogens is 242 g/mol. The van der Waals surface area contributed by atoms with Crippen LogP contribution in [0.5, 0.6) is 0 Å². The standard InChI is InChI=1S/C14H23N3O2/c1-9(15)12-5-4-6-17(8-12)14(18)7-13-10(2)16-19-11(13)3/h9,12H,4-8,15H2,1-3H3/t9-,12-/m0/s1. The average Bonchev–Trinajstić information content (AvgIpc) is 2.70. The number of carbonyl (C=O) groups is 1. The Hall–Kier alpha value is -1.36. The van der Waals surface area contributed by atoms with Crippen molar-refractivity contribution in [2.24, 2.45) is 11.7 Å². The zero-order chi connectivity index (χ0) is 14.0. The molecule has 1 aromatic rings. The molecule has 0 aromatic carbocycles. The molecule has 0 aliphatic carbocycles. The summed E-state index contributed by atoms with van der Waals surface area (Å²) in [7, 11) is 0. The number of aromatic nitrogens is 1. The van der Waals surface area contributed by atoms with E-state index in [1.807, 2.05) is 25.7 Å². The first-order valence-electron chi connectivity index (χ1n) is 6.94. The Morgan fingerprint density at radius 3 is 2.89 bits per heavy atom. The fourth-order valence-electron chi connectivity index (χ4n) is 2.68. The highest BCUT2D eigenvalue weighted by molar-refractivity contribution is 5.79. The smallest absolute Gasteiger partial charge is 0.227 e. The second-order valence-electron chi connectivity index (χ2n) is 5.58. The Morgan fingerprint density at radius 2 is 2.32 bits per heavy atom. The number of aryl methyl sites for hydroxylation is 2. The van der Waals surface area contributed by atoms with Crippen molar-refractivity contribution >= 4 is 5.91 Å². The zero-order valence-electron chi connectivity index (χ0n) is 12.0. The van der Waals surface area contributed by atoms with Crippen LogP contribution in [0.3, 0.4) is 0 Å². The predicted octanol–water partition coefficient (Wildman–Crippen LogP) is 1.42. The number of rotatable bonds is 3. The van der Waals surface area contributed by atoms with Crippen molar-refractivity contribution in [3.05, 3.63) is 17.0 Å². The SMILES string of the molecule is Cc1noc(C)c1CC(=O)N1CCC[C@H]([C@H](C)N)C1. The van der Waals surface area contributed by atoms with E-state index in [-0.39, 0.29) is 11.9 Å². The molecule has 1 aromatic heterocycles. The molecule has 5 heteroatoms. The van der Waals surface area contributed by atoms with Gasteiger partial charge in [-0.1, -0.05) is 5.16 Å². The van der Waals surface area contributed by atoms with Gasteiger partial charge in [0.25, 0.3) is 0 Å². The normalized spacial score (nSPS) is 21.5. The number of hydrogen-bond donors (Lipinski definition) is 1. The van der Waals surface area contributed by atoms with E-state index in [1.54, 1.807) is 0 Å². The third kappa shape index (κ3) is 3.15. The van der Waals surface area contributed by atoms with Crippen LogP contribution in [0.1, 0.15) is 36.8 Å². The van der Waals surface area contributed by atoms with Crippen molar-refractivity contribution in [1.29, 1.82) is 0 Å². The van der Waals surface area contributed by atoms with Crippen molar-refractivity contribution in [1.82, 2.24) is 10.1 Å². The molecular formula is C14H23N3O2. The van der Waals surface area contributed by atoms with E-state index in [0.717, 1.165) is 42.9 Å². The van der Waals surface area contributed by atoms with Crippen molar-refractivity contribution < 1.29 is 9.32 Å². The molecule has 1 aliphatic rings. The molecule has 2 rings (SSSR count). The van der Waals surface area contributed by atoms with Crippen LogP contribution >= 0.6 is 0 Å². The van der Waals surface area contributed by atoms with E-state index in [4.69, 9.17) is 10.3 Å². The minimum atomic E-state index is 0.148. The van der Waals surface area contributed by atoms with Crippen molar-refractivity contribution in [3.63, 3.8) is 0 Å².